The zero-order valence-electron chi connectivity index (χ0n) is 11.7. The van der Waals surface area contributed by atoms with Gasteiger partial charge in [0.25, 0.3) is 0 Å². The zero-order chi connectivity index (χ0) is 13.8. The normalized spacial score (nSPS) is 13.2. The molecule has 0 bridgehead atoms. The minimum absolute atomic E-state index is 0.0561. The molecule has 18 heavy (non-hydrogen) atoms. The number of nitrogens with one attached hydrogen (secondary N) is 1. The summed E-state index contributed by atoms with van der Waals surface area (Å²) in [6, 6.07) is 5.74. The molecule has 4 heteroatoms. The van der Waals surface area contributed by atoms with Crippen molar-refractivity contribution in [2.24, 2.45) is 5.41 Å². The van der Waals surface area contributed by atoms with Crippen molar-refractivity contribution in [3.05, 3.63) is 18.2 Å². The molecule has 1 rings (SSSR count). The van der Waals surface area contributed by atoms with E-state index < -0.39 is 0 Å². The van der Waals surface area contributed by atoms with Crippen LogP contribution in [0.3, 0.4) is 0 Å². The second kappa shape index (κ2) is 5.96. The van der Waals surface area contributed by atoms with Crippen molar-refractivity contribution in [1.82, 2.24) is 0 Å². The molecular formula is C14H24N2O2. The van der Waals surface area contributed by atoms with Crippen LogP contribution in [-0.4, -0.2) is 24.9 Å². The fraction of sp³-hybridized carbons (Fsp3) is 0.571. The van der Waals surface area contributed by atoms with Crippen LogP contribution in [0.4, 0.5) is 11.4 Å². The summed E-state index contributed by atoms with van der Waals surface area (Å²) in [6.07, 6.45) is 0.695. The number of aliphatic hydroxyl groups excluding tert-OH is 1. The number of hydrogen-bond donors (Lipinski definition) is 3. The first-order valence-electron chi connectivity index (χ1n) is 6.18. The van der Waals surface area contributed by atoms with Gasteiger partial charge in [0.2, 0.25) is 0 Å². The largest absolute Gasteiger partial charge is 0.497 e. The van der Waals surface area contributed by atoms with E-state index in [4.69, 9.17) is 15.6 Å². The lowest BCUT2D eigenvalue weighted by Gasteiger charge is -2.32. The topological polar surface area (TPSA) is 67.5 Å². The van der Waals surface area contributed by atoms with Gasteiger partial charge in [-0.15, -0.1) is 0 Å². The van der Waals surface area contributed by atoms with E-state index in [1.807, 2.05) is 12.1 Å². The Labute approximate surface area is 109 Å². The summed E-state index contributed by atoms with van der Waals surface area (Å²) in [5.41, 5.74) is 7.46. The molecule has 102 valence electrons. The Hall–Kier alpha value is -1.42. The van der Waals surface area contributed by atoms with E-state index in [-0.39, 0.29) is 18.1 Å². The summed E-state index contributed by atoms with van der Waals surface area (Å²) >= 11 is 0. The molecule has 1 unspecified atom stereocenters. The number of rotatable bonds is 5. The maximum absolute atomic E-state index is 9.14. The van der Waals surface area contributed by atoms with Crippen molar-refractivity contribution in [1.29, 1.82) is 0 Å². The van der Waals surface area contributed by atoms with Crippen molar-refractivity contribution in [2.75, 3.05) is 24.8 Å². The van der Waals surface area contributed by atoms with E-state index in [0.29, 0.717) is 12.1 Å². The molecule has 1 aromatic carbocycles. The number of ether oxygens (including phenoxy) is 1. The van der Waals surface area contributed by atoms with E-state index in [9.17, 15) is 0 Å². The highest BCUT2D eigenvalue weighted by Gasteiger charge is 2.24. The first-order chi connectivity index (χ1) is 8.36. The predicted molar refractivity (Wildman–Crippen MR) is 76.0 cm³/mol. The van der Waals surface area contributed by atoms with Crippen molar-refractivity contribution >= 4 is 11.4 Å². The Bertz CT molecular complexity index is 386. The fourth-order valence-corrected chi connectivity index (χ4v) is 1.88. The highest BCUT2D eigenvalue weighted by atomic mass is 16.5. The Morgan fingerprint density at radius 2 is 2.00 bits per heavy atom. The molecule has 0 spiro atoms. The van der Waals surface area contributed by atoms with Crippen LogP contribution in [0.15, 0.2) is 18.2 Å². The summed E-state index contributed by atoms with van der Waals surface area (Å²) in [5, 5.41) is 12.6. The molecule has 0 saturated carbocycles. The highest BCUT2D eigenvalue weighted by Crippen LogP contribution is 2.28. The lowest BCUT2D eigenvalue weighted by Crippen LogP contribution is -2.34. The second-order valence-corrected chi connectivity index (χ2v) is 5.57. The van der Waals surface area contributed by atoms with Crippen LogP contribution in [0.1, 0.15) is 27.2 Å². The number of hydrogen-bond acceptors (Lipinski definition) is 4. The molecule has 1 atom stereocenters. The van der Waals surface area contributed by atoms with Gasteiger partial charge < -0.3 is 20.9 Å². The van der Waals surface area contributed by atoms with Gasteiger partial charge >= 0.3 is 0 Å². The van der Waals surface area contributed by atoms with Crippen molar-refractivity contribution in [3.63, 3.8) is 0 Å². The van der Waals surface area contributed by atoms with Crippen molar-refractivity contribution in [2.45, 2.75) is 33.2 Å². The summed E-state index contributed by atoms with van der Waals surface area (Å²) in [6.45, 7) is 6.59. The average Bonchev–Trinajstić information content (AvgIpc) is 2.26. The van der Waals surface area contributed by atoms with Crippen LogP contribution < -0.4 is 15.8 Å². The third kappa shape index (κ3) is 4.11. The Kier molecular flexibility index (Phi) is 4.84. The smallest absolute Gasteiger partial charge is 0.122 e. The third-order valence-corrected chi connectivity index (χ3v) is 2.97. The van der Waals surface area contributed by atoms with Gasteiger partial charge in [0.05, 0.1) is 7.11 Å². The van der Waals surface area contributed by atoms with Gasteiger partial charge in [-0.3, -0.25) is 0 Å². The molecule has 0 fully saturated rings. The molecule has 0 aliphatic heterocycles. The molecule has 0 aliphatic carbocycles. The summed E-state index contributed by atoms with van der Waals surface area (Å²) in [7, 11) is 1.62. The first kappa shape index (κ1) is 14.6. The van der Waals surface area contributed by atoms with Crippen LogP contribution in [0.25, 0.3) is 0 Å². The highest BCUT2D eigenvalue weighted by molar-refractivity contribution is 5.59. The summed E-state index contributed by atoms with van der Waals surface area (Å²) in [5.74, 6) is 0.731. The van der Waals surface area contributed by atoms with Crippen LogP contribution >= 0.6 is 0 Å². The Balaban J connectivity index is 2.90. The van der Waals surface area contributed by atoms with Gasteiger partial charge in [-0.1, -0.05) is 20.8 Å². The molecule has 4 N–H and O–H groups in total. The van der Waals surface area contributed by atoms with E-state index in [1.165, 1.54) is 0 Å². The van der Waals surface area contributed by atoms with Gasteiger partial charge in [0.1, 0.15) is 5.75 Å². The number of aliphatic hydroxyl groups is 1. The molecule has 0 saturated heterocycles. The molecule has 0 amide bonds. The lowest BCUT2D eigenvalue weighted by atomic mass is 9.85. The van der Waals surface area contributed by atoms with Gasteiger partial charge in [0.15, 0.2) is 0 Å². The molecule has 1 aromatic rings. The monoisotopic (exact) mass is 252 g/mol. The minimum Gasteiger partial charge on any atom is -0.497 e. The van der Waals surface area contributed by atoms with E-state index in [1.54, 1.807) is 13.2 Å². The maximum Gasteiger partial charge on any atom is 0.122 e. The molecule has 0 radical (unpaired) electrons. The number of nitrogen functional groups attached to an aromatic ring is 1. The molecule has 4 nitrogen and oxygen atoms in total. The quantitative estimate of drug-likeness (QED) is 0.704. The summed E-state index contributed by atoms with van der Waals surface area (Å²) < 4.78 is 5.19. The number of nitrogens with two attached hydrogens (primary N) is 1. The molecule has 0 aliphatic rings. The predicted octanol–water partition coefficient (Wildman–Crippen LogP) is 2.49. The number of anilines is 2. The van der Waals surface area contributed by atoms with Gasteiger partial charge in [0, 0.05) is 36.2 Å². The van der Waals surface area contributed by atoms with Crippen molar-refractivity contribution < 1.29 is 9.84 Å². The molecule has 0 heterocycles. The molecular weight excluding hydrogens is 228 g/mol. The fourth-order valence-electron chi connectivity index (χ4n) is 1.88. The Morgan fingerprint density at radius 1 is 1.33 bits per heavy atom. The standard InChI is InChI=1S/C14H24N2O2/c1-14(2,3)13(5-6-17)16-11-7-10(15)8-12(9-11)18-4/h7-9,13,16-17H,5-6,15H2,1-4H3. The van der Waals surface area contributed by atoms with E-state index in [2.05, 4.69) is 26.1 Å². The van der Waals surface area contributed by atoms with Crippen LogP contribution in [0, 0.1) is 5.41 Å². The first-order valence-corrected chi connectivity index (χ1v) is 6.18. The van der Waals surface area contributed by atoms with Gasteiger partial charge in [-0.25, -0.2) is 0 Å². The minimum atomic E-state index is 0.0561. The van der Waals surface area contributed by atoms with Gasteiger partial charge in [-0.2, -0.15) is 0 Å². The van der Waals surface area contributed by atoms with Crippen molar-refractivity contribution in [3.8, 4) is 5.75 Å². The summed E-state index contributed by atoms with van der Waals surface area (Å²) in [4.78, 5) is 0. The second-order valence-electron chi connectivity index (χ2n) is 5.57. The van der Waals surface area contributed by atoms with E-state index >= 15 is 0 Å². The SMILES string of the molecule is COc1cc(N)cc(NC(CCO)C(C)(C)C)c1. The van der Waals surface area contributed by atoms with Gasteiger partial charge in [-0.05, 0) is 17.9 Å². The Morgan fingerprint density at radius 3 is 2.50 bits per heavy atom. The maximum atomic E-state index is 9.14. The van der Waals surface area contributed by atoms with Crippen LogP contribution in [0.5, 0.6) is 5.75 Å². The van der Waals surface area contributed by atoms with Crippen LogP contribution in [-0.2, 0) is 0 Å². The zero-order valence-corrected chi connectivity index (χ0v) is 11.7. The van der Waals surface area contributed by atoms with Crippen LogP contribution in [0.2, 0.25) is 0 Å². The third-order valence-electron chi connectivity index (χ3n) is 2.97. The number of methoxy groups -OCH3 is 1. The van der Waals surface area contributed by atoms with E-state index in [0.717, 1.165) is 11.4 Å². The number of benzene rings is 1. The average molecular weight is 252 g/mol. The molecule has 0 aromatic heterocycles. The lowest BCUT2D eigenvalue weighted by molar-refractivity contribution is 0.235.